The number of benzene rings is 1. The zero-order valence-electron chi connectivity index (χ0n) is 19.6. The van der Waals surface area contributed by atoms with Crippen LogP contribution in [0, 0.1) is 0 Å². The number of nitrogens with one attached hydrogen (secondary N) is 1. The second-order valence-corrected chi connectivity index (χ2v) is 8.96. The number of anilines is 1. The summed E-state index contributed by atoms with van der Waals surface area (Å²) in [4.78, 5) is 17.9. The lowest BCUT2D eigenvalue weighted by Crippen LogP contribution is -2.44. The highest BCUT2D eigenvalue weighted by atomic mass is 19.3. The molecule has 3 aromatic rings. The normalized spacial score (nSPS) is 17.1. The fraction of sp³-hybridized carbons (Fsp3) is 0.480. The van der Waals surface area contributed by atoms with Gasteiger partial charge in [0.25, 0.3) is 5.91 Å². The standard InChI is InChI=1S/C17H22F2N4O2.C8H9N/c1-12(21-16(24)17(2,18)19)11-23-15-4-3-14(9-13(15)10-20-23)22-5-7-25-8-6-22;1-2-6-9-8(3-1)7-4-5-7/h3-4,9-10,12H,5-8,11H2,1-2H3,(H,21,24);1-3,6-7H,4-5H2. The van der Waals surface area contributed by atoms with Gasteiger partial charge in [0.05, 0.1) is 31.5 Å². The molecule has 1 atom stereocenters. The molecule has 0 spiro atoms. The number of rotatable bonds is 6. The Morgan fingerprint density at radius 2 is 2.00 bits per heavy atom. The maximum absolute atomic E-state index is 13.0. The van der Waals surface area contributed by atoms with E-state index in [0.29, 0.717) is 13.5 Å². The summed E-state index contributed by atoms with van der Waals surface area (Å²) < 4.78 is 33.0. The summed E-state index contributed by atoms with van der Waals surface area (Å²) in [6.07, 6.45) is 6.31. The second-order valence-electron chi connectivity index (χ2n) is 8.96. The smallest absolute Gasteiger partial charge is 0.321 e. The lowest BCUT2D eigenvalue weighted by Gasteiger charge is -2.28. The first-order valence-corrected chi connectivity index (χ1v) is 11.7. The van der Waals surface area contributed by atoms with Crippen molar-refractivity contribution in [1.29, 1.82) is 0 Å². The Hall–Kier alpha value is -3.07. The van der Waals surface area contributed by atoms with E-state index in [9.17, 15) is 13.6 Å². The number of halogens is 2. The maximum Gasteiger partial charge on any atom is 0.321 e. The molecule has 1 unspecified atom stereocenters. The third kappa shape index (κ3) is 6.28. The molecular formula is C25H31F2N5O2. The molecule has 5 rings (SSSR count). The van der Waals surface area contributed by atoms with Crippen LogP contribution in [0.25, 0.3) is 10.9 Å². The summed E-state index contributed by atoms with van der Waals surface area (Å²) in [6, 6.07) is 11.7. The zero-order valence-corrected chi connectivity index (χ0v) is 19.6. The molecule has 3 heterocycles. The van der Waals surface area contributed by atoms with Crippen molar-refractivity contribution in [1.82, 2.24) is 20.1 Å². The summed E-state index contributed by atoms with van der Waals surface area (Å²) in [5, 5.41) is 7.61. The van der Waals surface area contributed by atoms with Crippen LogP contribution >= 0.6 is 0 Å². The van der Waals surface area contributed by atoms with Gasteiger partial charge in [0.2, 0.25) is 0 Å². The fourth-order valence-electron chi connectivity index (χ4n) is 3.89. The van der Waals surface area contributed by atoms with E-state index < -0.39 is 17.9 Å². The number of fused-ring (bicyclic) bond motifs is 1. The Bertz CT molecular complexity index is 1090. The number of carbonyl (C=O) groups excluding carboxylic acids is 1. The molecule has 1 saturated heterocycles. The Balaban J connectivity index is 0.000000252. The first-order valence-electron chi connectivity index (χ1n) is 11.7. The molecule has 1 aliphatic heterocycles. The van der Waals surface area contributed by atoms with Crippen LogP contribution in [-0.2, 0) is 16.1 Å². The van der Waals surface area contributed by atoms with Crippen molar-refractivity contribution >= 4 is 22.5 Å². The molecule has 34 heavy (non-hydrogen) atoms. The Morgan fingerprint density at radius 1 is 1.24 bits per heavy atom. The largest absolute Gasteiger partial charge is 0.378 e. The van der Waals surface area contributed by atoms with Gasteiger partial charge >= 0.3 is 5.92 Å². The highest BCUT2D eigenvalue weighted by Gasteiger charge is 2.33. The Morgan fingerprint density at radius 3 is 2.65 bits per heavy atom. The number of pyridine rings is 1. The van der Waals surface area contributed by atoms with E-state index in [1.807, 2.05) is 24.4 Å². The molecule has 1 saturated carbocycles. The predicted octanol–water partition coefficient (Wildman–Crippen LogP) is 3.99. The molecule has 1 aromatic carbocycles. The molecule has 7 nitrogen and oxygen atoms in total. The summed E-state index contributed by atoms with van der Waals surface area (Å²) in [5.41, 5.74) is 3.29. The van der Waals surface area contributed by atoms with E-state index in [-0.39, 0.29) is 0 Å². The lowest BCUT2D eigenvalue weighted by molar-refractivity contribution is -0.143. The molecule has 1 aliphatic carbocycles. The predicted molar refractivity (Wildman–Crippen MR) is 127 cm³/mol. The van der Waals surface area contributed by atoms with Crippen LogP contribution in [0.5, 0.6) is 0 Å². The van der Waals surface area contributed by atoms with E-state index in [1.54, 1.807) is 17.8 Å². The Labute approximate surface area is 198 Å². The number of amides is 1. The zero-order chi connectivity index (χ0) is 24.1. The third-order valence-electron chi connectivity index (χ3n) is 5.91. The van der Waals surface area contributed by atoms with Gasteiger partial charge in [-0.2, -0.15) is 13.9 Å². The molecule has 9 heteroatoms. The molecule has 0 bridgehead atoms. The number of aromatic nitrogens is 3. The molecule has 182 valence electrons. The minimum Gasteiger partial charge on any atom is -0.378 e. The van der Waals surface area contributed by atoms with E-state index in [1.165, 1.54) is 18.5 Å². The van der Waals surface area contributed by atoms with Crippen molar-refractivity contribution < 1.29 is 18.3 Å². The van der Waals surface area contributed by atoms with Crippen molar-refractivity contribution in [3.8, 4) is 0 Å². The molecule has 0 radical (unpaired) electrons. The van der Waals surface area contributed by atoms with Gasteiger partial charge in [-0.1, -0.05) is 6.07 Å². The number of alkyl halides is 2. The van der Waals surface area contributed by atoms with E-state index in [2.05, 4.69) is 38.5 Å². The maximum atomic E-state index is 13.0. The third-order valence-corrected chi connectivity index (χ3v) is 5.91. The minimum atomic E-state index is -3.38. The van der Waals surface area contributed by atoms with Crippen molar-refractivity contribution in [3.05, 3.63) is 54.5 Å². The quantitative estimate of drug-likeness (QED) is 0.589. The number of hydrogen-bond donors (Lipinski definition) is 1. The van der Waals surface area contributed by atoms with Crippen molar-refractivity contribution in [2.75, 3.05) is 31.2 Å². The average Bonchev–Trinajstić information content (AvgIpc) is 3.62. The van der Waals surface area contributed by atoms with Gasteiger partial charge in [0.15, 0.2) is 0 Å². The first-order chi connectivity index (χ1) is 16.3. The van der Waals surface area contributed by atoms with Gasteiger partial charge < -0.3 is 15.0 Å². The average molecular weight is 472 g/mol. The van der Waals surface area contributed by atoms with Gasteiger partial charge in [0.1, 0.15) is 0 Å². The first kappa shape index (κ1) is 24.1. The number of nitrogens with zero attached hydrogens (tertiary/aromatic N) is 4. The van der Waals surface area contributed by atoms with Crippen molar-refractivity contribution in [3.63, 3.8) is 0 Å². The topological polar surface area (TPSA) is 72.3 Å². The minimum absolute atomic E-state index is 0.322. The summed E-state index contributed by atoms with van der Waals surface area (Å²) in [6.45, 7) is 5.74. The van der Waals surface area contributed by atoms with E-state index in [0.717, 1.165) is 48.8 Å². The van der Waals surface area contributed by atoms with E-state index in [4.69, 9.17) is 4.74 Å². The summed E-state index contributed by atoms with van der Waals surface area (Å²) >= 11 is 0. The molecule has 1 N–H and O–H groups in total. The lowest BCUT2D eigenvalue weighted by atomic mass is 10.2. The summed E-state index contributed by atoms with van der Waals surface area (Å²) in [7, 11) is 0. The second kappa shape index (κ2) is 10.5. The van der Waals surface area contributed by atoms with Crippen LogP contribution in [0.2, 0.25) is 0 Å². The van der Waals surface area contributed by atoms with Gasteiger partial charge in [-0.15, -0.1) is 0 Å². The molecule has 2 aromatic heterocycles. The van der Waals surface area contributed by atoms with Crippen LogP contribution in [0.3, 0.4) is 0 Å². The van der Waals surface area contributed by atoms with Crippen molar-refractivity contribution in [2.24, 2.45) is 0 Å². The SMILES string of the molecule is CC(Cn1ncc2cc(N3CCOCC3)ccc21)NC(=O)C(C)(F)F.c1ccc(C2CC2)nc1. The van der Waals surface area contributed by atoms with Crippen molar-refractivity contribution in [2.45, 2.75) is 51.1 Å². The molecule has 2 fully saturated rings. The monoisotopic (exact) mass is 471 g/mol. The number of morpholine rings is 1. The van der Waals surface area contributed by atoms with Gasteiger partial charge in [0, 0.05) is 54.9 Å². The van der Waals surface area contributed by atoms with Gasteiger partial charge in [-0.05, 0) is 50.1 Å². The van der Waals surface area contributed by atoms with E-state index >= 15 is 0 Å². The number of ether oxygens (including phenoxy) is 1. The highest BCUT2D eigenvalue weighted by molar-refractivity contribution is 5.84. The van der Waals surface area contributed by atoms with Crippen LogP contribution in [0.1, 0.15) is 38.3 Å². The van der Waals surface area contributed by atoms with Gasteiger partial charge in [-0.3, -0.25) is 14.5 Å². The van der Waals surface area contributed by atoms with Crippen LogP contribution in [-0.4, -0.2) is 58.9 Å². The highest BCUT2D eigenvalue weighted by Crippen LogP contribution is 2.38. The fourth-order valence-corrected chi connectivity index (χ4v) is 3.89. The number of hydrogen-bond acceptors (Lipinski definition) is 5. The Kier molecular flexibility index (Phi) is 7.41. The van der Waals surface area contributed by atoms with Crippen LogP contribution in [0.4, 0.5) is 14.5 Å². The van der Waals surface area contributed by atoms with Crippen LogP contribution < -0.4 is 10.2 Å². The summed E-state index contributed by atoms with van der Waals surface area (Å²) in [5.74, 6) is -3.86. The van der Waals surface area contributed by atoms with Gasteiger partial charge in [-0.25, -0.2) is 0 Å². The number of carbonyl (C=O) groups is 1. The molecule has 2 aliphatic rings. The molecule has 1 amide bonds. The van der Waals surface area contributed by atoms with Crippen LogP contribution in [0.15, 0.2) is 48.8 Å². The molecular weight excluding hydrogens is 440 g/mol.